The van der Waals surface area contributed by atoms with Crippen molar-refractivity contribution in [2.24, 2.45) is 5.73 Å². The molecule has 0 aromatic carbocycles. The Hall–Kier alpha value is -2.77. The molecule has 0 spiro atoms. The molecule has 25 heavy (non-hydrogen) atoms. The van der Waals surface area contributed by atoms with Crippen molar-refractivity contribution < 1.29 is 0 Å². The summed E-state index contributed by atoms with van der Waals surface area (Å²) in [5.41, 5.74) is 7.03. The SMILES string of the molecule is CCC1c2nncn2-c2cnc(/C(C=N)=C/N)nc2N1C1CCCC1. The summed E-state index contributed by atoms with van der Waals surface area (Å²) in [5, 5.41) is 16.0. The number of nitrogens with zero attached hydrogens (tertiary/aromatic N) is 6. The Kier molecular flexibility index (Phi) is 3.95. The summed E-state index contributed by atoms with van der Waals surface area (Å²) in [4.78, 5) is 11.6. The third-order valence-corrected chi connectivity index (χ3v) is 5.16. The maximum Gasteiger partial charge on any atom is 0.164 e. The molecule has 0 saturated heterocycles. The van der Waals surface area contributed by atoms with Crippen LogP contribution in [0.25, 0.3) is 11.3 Å². The van der Waals surface area contributed by atoms with Gasteiger partial charge in [-0.25, -0.2) is 9.97 Å². The molecule has 1 atom stereocenters. The third-order valence-electron chi connectivity index (χ3n) is 5.16. The smallest absolute Gasteiger partial charge is 0.164 e. The van der Waals surface area contributed by atoms with Gasteiger partial charge in [0.25, 0.3) is 0 Å². The van der Waals surface area contributed by atoms with Crippen molar-refractivity contribution in [1.29, 1.82) is 5.41 Å². The normalized spacial score (nSPS) is 20.4. The highest BCUT2D eigenvalue weighted by molar-refractivity contribution is 6.06. The quantitative estimate of drug-likeness (QED) is 0.827. The Bertz CT molecular complexity index is 818. The van der Waals surface area contributed by atoms with E-state index in [0.717, 1.165) is 36.6 Å². The summed E-state index contributed by atoms with van der Waals surface area (Å²) in [6.45, 7) is 2.17. The number of hydrogen-bond acceptors (Lipinski definition) is 7. The number of aromatic nitrogens is 5. The zero-order valence-electron chi connectivity index (χ0n) is 14.3. The van der Waals surface area contributed by atoms with Crippen molar-refractivity contribution in [1.82, 2.24) is 24.7 Å². The zero-order chi connectivity index (χ0) is 17.4. The lowest BCUT2D eigenvalue weighted by atomic mass is 10.0. The molecule has 1 saturated carbocycles. The van der Waals surface area contributed by atoms with Gasteiger partial charge in [-0.1, -0.05) is 19.8 Å². The predicted molar refractivity (Wildman–Crippen MR) is 95.7 cm³/mol. The van der Waals surface area contributed by atoms with Gasteiger partial charge in [-0.15, -0.1) is 10.2 Å². The standard InChI is InChI=1S/C17H22N8/c1-2-13-17-23-21-10-24(17)14-9-20-15(11(7-18)8-19)22-16(14)25(13)12-5-3-4-6-12/h7-10,12-13,18H,2-6,19H2,1H3/b11-8+,18-7?. The Morgan fingerprint density at radius 3 is 2.88 bits per heavy atom. The van der Waals surface area contributed by atoms with E-state index in [1.807, 2.05) is 4.57 Å². The molecule has 2 aromatic heterocycles. The second kappa shape index (κ2) is 6.27. The number of fused-ring (bicyclic) bond motifs is 3. The maximum absolute atomic E-state index is 7.53. The summed E-state index contributed by atoms with van der Waals surface area (Å²) < 4.78 is 1.98. The van der Waals surface area contributed by atoms with Crippen molar-refractivity contribution in [3.63, 3.8) is 0 Å². The molecule has 1 aliphatic carbocycles. The van der Waals surface area contributed by atoms with Gasteiger partial charge in [0.2, 0.25) is 0 Å². The van der Waals surface area contributed by atoms with Crippen molar-refractivity contribution in [3.8, 4) is 5.69 Å². The van der Waals surface area contributed by atoms with Crippen LogP contribution in [0.1, 0.15) is 56.7 Å². The summed E-state index contributed by atoms with van der Waals surface area (Å²) in [5.74, 6) is 2.31. The molecule has 0 bridgehead atoms. The number of allylic oxidation sites excluding steroid dienone is 1. The van der Waals surface area contributed by atoms with E-state index in [-0.39, 0.29) is 6.04 Å². The first-order valence-electron chi connectivity index (χ1n) is 8.76. The minimum atomic E-state index is 0.145. The Balaban J connectivity index is 1.91. The molecular weight excluding hydrogens is 316 g/mol. The summed E-state index contributed by atoms with van der Waals surface area (Å²) in [7, 11) is 0. The lowest BCUT2D eigenvalue weighted by molar-refractivity contribution is 0.468. The van der Waals surface area contributed by atoms with Crippen LogP contribution in [0.5, 0.6) is 0 Å². The van der Waals surface area contributed by atoms with Crippen molar-refractivity contribution >= 4 is 17.6 Å². The Morgan fingerprint density at radius 1 is 1.40 bits per heavy atom. The van der Waals surface area contributed by atoms with Gasteiger partial charge in [0.05, 0.1) is 17.8 Å². The average molecular weight is 338 g/mol. The van der Waals surface area contributed by atoms with Gasteiger partial charge in [-0.2, -0.15) is 0 Å². The number of hydrogen-bond donors (Lipinski definition) is 2. The van der Waals surface area contributed by atoms with Gasteiger partial charge < -0.3 is 16.0 Å². The molecule has 4 rings (SSSR count). The Labute approximate surface area is 146 Å². The fourth-order valence-electron chi connectivity index (χ4n) is 3.97. The Morgan fingerprint density at radius 2 is 2.20 bits per heavy atom. The van der Waals surface area contributed by atoms with E-state index >= 15 is 0 Å². The highest BCUT2D eigenvalue weighted by Gasteiger charge is 2.38. The van der Waals surface area contributed by atoms with Crippen LogP contribution in [0, 0.1) is 5.41 Å². The largest absolute Gasteiger partial charge is 0.404 e. The molecule has 0 radical (unpaired) electrons. The molecule has 1 aliphatic heterocycles. The fraction of sp³-hybridized carbons (Fsp3) is 0.471. The van der Waals surface area contributed by atoms with Gasteiger partial charge in [0.15, 0.2) is 17.5 Å². The van der Waals surface area contributed by atoms with E-state index in [1.54, 1.807) is 12.5 Å². The van der Waals surface area contributed by atoms with E-state index in [9.17, 15) is 0 Å². The van der Waals surface area contributed by atoms with E-state index in [2.05, 4.69) is 27.0 Å². The second-order valence-corrected chi connectivity index (χ2v) is 6.50. The second-order valence-electron chi connectivity index (χ2n) is 6.50. The van der Waals surface area contributed by atoms with Crippen LogP contribution in [0.4, 0.5) is 5.82 Å². The minimum absolute atomic E-state index is 0.145. The summed E-state index contributed by atoms with van der Waals surface area (Å²) >= 11 is 0. The third kappa shape index (κ3) is 2.40. The van der Waals surface area contributed by atoms with E-state index in [1.165, 1.54) is 25.3 Å². The number of nitrogens with two attached hydrogens (primary N) is 1. The molecule has 1 unspecified atom stereocenters. The van der Waals surface area contributed by atoms with Gasteiger partial charge in [-0.3, -0.25) is 4.57 Å². The van der Waals surface area contributed by atoms with E-state index < -0.39 is 0 Å². The molecule has 1 fully saturated rings. The van der Waals surface area contributed by atoms with Crippen LogP contribution >= 0.6 is 0 Å². The van der Waals surface area contributed by atoms with Gasteiger partial charge in [0, 0.05) is 18.5 Å². The van der Waals surface area contributed by atoms with Crippen molar-refractivity contribution in [3.05, 3.63) is 30.4 Å². The van der Waals surface area contributed by atoms with Gasteiger partial charge >= 0.3 is 0 Å². The molecule has 2 aliphatic rings. The van der Waals surface area contributed by atoms with Crippen LogP contribution in [0.3, 0.4) is 0 Å². The molecule has 0 amide bonds. The molecule has 8 nitrogen and oxygen atoms in total. The maximum atomic E-state index is 7.53. The van der Waals surface area contributed by atoms with E-state index in [0.29, 0.717) is 17.4 Å². The highest BCUT2D eigenvalue weighted by Crippen LogP contribution is 2.42. The van der Waals surface area contributed by atoms with Crippen molar-refractivity contribution in [2.75, 3.05) is 4.90 Å². The first-order chi connectivity index (χ1) is 12.3. The molecule has 8 heteroatoms. The van der Waals surface area contributed by atoms with Crippen LogP contribution in [0.15, 0.2) is 18.7 Å². The summed E-state index contributed by atoms with van der Waals surface area (Å²) in [6, 6.07) is 0.591. The predicted octanol–water partition coefficient (Wildman–Crippen LogP) is 2.22. The zero-order valence-corrected chi connectivity index (χ0v) is 14.3. The van der Waals surface area contributed by atoms with Gasteiger partial charge in [0.1, 0.15) is 12.0 Å². The first kappa shape index (κ1) is 15.7. The van der Waals surface area contributed by atoms with Crippen LogP contribution in [0.2, 0.25) is 0 Å². The van der Waals surface area contributed by atoms with Gasteiger partial charge in [-0.05, 0) is 19.3 Å². The molecule has 3 N–H and O–H groups in total. The topological polar surface area (TPSA) is 110 Å². The van der Waals surface area contributed by atoms with Crippen LogP contribution in [-0.4, -0.2) is 37.0 Å². The lowest BCUT2D eigenvalue weighted by Crippen LogP contribution is -2.42. The number of rotatable bonds is 4. The molecule has 2 aromatic rings. The highest BCUT2D eigenvalue weighted by atomic mass is 15.4. The van der Waals surface area contributed by atoms with Crippen LogP contribution in [-0.2, 0) is 0 Å². The fourth-order valence-corrected chi connectivity index (χ4v) is 3.97. The van der Waals surface area contributed by atoms with E-state index in [4.69, 9.17) is 16.1 Å². The number of nitrogens with one attached hydrogen (secondary N) is 1. The monoisotopic (exact) mass is 338 g/mol. The average Bonchev–Trinajstić information content (AvgIpc) is 3.33. The lowest BCUT2D eigenvalue weighted by Gasteiger charge is -2.40. The van der Waals surface area contributed by atoms with Crippen LogP contribution < -0.4 is 10.6 Å². The van der Waals surface area contributed by atoms with Crippen molar-refractivity contribution in [2.45, 2.75) is 51.1 Å². The number of anilines is 1. The first-order valence-corrected chi connectivity index (χ1v) is 8.76. The minimum Gasteiger partial charge on any atom is -0.404 e. The summed E-state index contributed by atoms with van der Waals surface area (Å²) in [6.07, 6.45) is 11.8. The molecule has 130 valence electrons. The molecular formula is C17H22N8. The molecule has 3 heterocycles.